The summed E-state index contributed by atoms with van der Waals surface area (Å²) in [7, 11) is 1.91. The second kappa shape index (κ2) is 5.22. The molecular formula is C17H19N5O. The molecule has 1 N–H and O–H groups in total. The molecule has 1 aliphatic carbocycles. The molecule has 0 aromatic carbocycles. The number of aromatic nitrogens is 4. The van der Waals surface area contributed by atoms with Gasteiger partial charge in [0.05, 0.1) is 17.9 Å². The van der Waals surface area contributed by atoms with Gasteiger partial charge in [-0.25, -0.2) is 4.52 Å². The van der Waals surface area contributed by atoms with Crippen LogP contribution in [0.2, 0.25) is 0 Å². The highest BCUT2D eigenvalue weighted by molar-refractivity contribution is 6.00. The van der Waals surface area contributed by atoms with Crippen molar-refractivity contribution in [1.29, 1.82) is 0 Å². The number of rotatable bonds is 4. The van der Waals surface area contributed by atoms with Crippen molar-refractivity contribution in [3.8, 4) is 0 Å². The second-order valence-electron chi connectivity index (χ2n) is 6.28. The van der Waals surface area contributed by atoms with Gasteiger partial charge in [-0.05, 0) is 43.4 Å². The Morgan fingerprint density at radius 2 is 2.22 bits per heavy atom. The number of hydrogen-bond acceptors (Lipinski definition) is 3. The van der Waals surface area contributed by atoms with Gasteiger partial charge in [0, 0.05) is 25.6 Å². The molecule has 0 bridgehead atoms. The predicted molar refractivity (Wildman–Crippen MR) is 86.1 cm³/mol. The molecule has 3 aromatic rings. The van der Waals surface area contributed by atoms with E-state index >= 15 is 0 Å². The maximum atomic E-state index is 12.8. The summed E-state index contributed by atoms with van der Waals surface area (Å²) in [5.41, 5.74) is 3.49. The predicted octanol–water partition coefficient (Wildman–Crippen LogP) is 2.26. The summed E-state index contributed by atoms with van der Waals surface area (Å²) in [5.74, 6) is 0.384. The van der Waals surface area contributed by atoms with Crippen LogP contribution in [-0.4, -0.2) is 25.1 Å². The highest BCUT2D eigenvalue weighted by Gasteiger charge is 2.35. The fourth-order valence-electron chi connectivity index (χ4n) is 3.02. The van der Waals surface area contributed by atoms with Crippen molar-refractivity contribution < 1.29 is 4.79 Å². The smallest absolute Gasteiger partial charge is 0.257 e. The van der Waals surface area contributed by atoms with Crippen LogP contribution in [0, 0.1) is 12.8 Å². The minimum atomic E-state index is -0.0954. The third-order valence-corrected chi connectivity index (χ3v) is 4.41. The fraction of sp³-hybridized carbons (Fsp3) is 0.353. The highest BCUT2D eigenvalue weighted by atomic mass is 16.1. The molecule has 1 amide bonds. The molecule has 0 spiro atoms. The van der Waals surface area contributed by atoms with E-state index in [1.54, 1.807) is 10.7 Å². The lowest BCUT2D eigenvalue weighted by Crippen LogP contribution is -2.30. The number of pyridine rings is 1. The van der Waals surface area contributed by atoms with E-state index < -0.39 is 0 Å². The fourth-order valence-corrected chi connectivity index (χ4v) is 3.02. The molecule has 1 saturated carbocycles. The monoisotopic (exact) mass is 309 g/mol. The van der Waals surface area contributed by atoms with Crippen molar-refractivity contribution in [2.75, 3.05) is 0 Å². The zero-order valence-electron chi connectivity index (χ0n) is 13.2. The van der Waals surface area contributed by atoms with E-state index in [4.69, 9.17) is 0 Å². The van der Waals surface area contributed by atoms with Crippen molar-refractivity contribution in [2.24, 2.45) is 13.0 Å². The van der Waals surface area contributed by atoms with Crippen molar-refractivity contribution in [1.82, 2.24) is 24.5 Å². The topological polar surface area (TPSA) is 64.2 Å². The number of hydrogen-bond donors (Lipinski definition) is 1. The van der Waals surface area contributed by atoms with Gasteiger partial charge in [0.25, 0.3) is 5.91 Å². The molecule has 118 valence electrons. The van der Waals surface area contributed by atoms with E-state index in [0.717, 1.165) is 29.7 Å². The van der Waals surface area contributed by atoms with Gasteiger partial charge in [0.2, 0.25) is 0 Å². The minimum Gasteiger partial charge on any atom is -0.343 e. The number of imidazole rings is 1. The van der Waals surface area contributed by atoms with Crippen LogP contribution in [0.3, 0.4) is 0 Å². The Labute approximate surface area is 134 Å². The Bertz CT molecular complexity index is 874. The van der Waals surface area contributed by atoms with Crippen LogP contribution in [0.1, 0.15) is 40.5 Å². The number of carbonyl (C=O) groups excluding carboxylic acids is 1. The number of fused-ring (bicyclic) bond motifs is 1. The van der Waals surface area contributed by atoms with Gasteiger partial charge >= 0.3 is 0 Å². The molecule has 1 atom stereocenters. The van der Waals surface area contributed by atoms with Gasteiger partial charge in [-0.3, -0.25) is 9.78 Å². The normalized spacial score (nSPS) is 15.7. The van der Waals surface area contributed by atoms with Gasteiger partial charge in [-0.1, -0.05) is 0 Å². The second-order valence-corrected chi connectivity index (χ2v) is 6.28. The molecule has 0 radical (unpaired) electrons. The molecule has 1 aliphatic rings. The third kappa shape index (κ3) is 2.50. The van der Waals surface area contributed by atoms with Gasteiger partial charge in [0.1, 0.15) is 11.2 Å². The van der Waals surface area contributed by atoms with Gasteiger partial charge in [-0.2, -0.15) is 5.10 Å². The zero-order valence-corrected chi connectivity index (χ0v) is 13.2. The molecule has 0 aliphatic heterocycles. The standard InChI is InChI=1S/C17H19N5O/c1-11-5-6-18-14(9-11)15(12-3-4-12)20-16(23)13-10-19-22-8-7-21(2)17(13)22/h5-10,12,15H,3-4H2,1-2H3,(H,20,23)/t15-/m0/s1. The van der Waals surface area contributed by atoms with E-state index in [-0.39, 0.29) is 11.9 Å². The third-order valence-electron chi connectivity index (χ3n) is 4.41. The lowest BCUT2D eigenvalue weighted by Gasteiger charge is -2.18. The van der Waals surface area contributed by atoms with Crippen LogP contribution >= 0.6 is 0 Å². The largest absolute Gasteiger partial charge is 0.343 e. The average Bonchev–Trinajstić information content (AvgIpc) is 3.17. The molecule has 3 heterocycles. The molecule has 0 unspecified atom stereocenters. The van der Waals surface area contributed by atoms with Gasteiger partial charge in [-0.15, -0.1) is 0 Å². The molecule has 0 saturated heterocycles. The first-order chi connectivity index (χ1) is 11.1. The molecule has 4 rings (SSSR count). The van der Waals surface area contributed by atoms with E-state index in [9.17, 15) is 4.79 Å². The summed E-state index contributed by atoms with van der Waals surface area (Å²) in [4.78, 5) is 17.2. The summed E-state index contributed by atoms with van der Waals surface area (Å²) < 4.78 is 3.62. The maximum absolute atomic E-state index is 12.8. The summed E-state index contributed by atoms with van der Waals surface area (Å²) in [5, 5.41) is 7.40. The molecule has 23 heavy (non-hydrogen) atoms. The average molecular weight is 309 g/mol. The number of aryl methyl sites for hydroxylation is 2. The molecule has 6 heteroatoms. The van der Waals surface area contributed by atoms with Crippen molar-refractivity contribution in [3.63, 3.8) is 0 Å². The van der Waals surface area contributed by atoms with Crippen LogP contribution in [0.4, 0.5) is 0 Å². The Balaban J connectivity index is 1.64. The zero-order chi connectivity index (χ0) is 16.0. The summed E-state index contributed by atoms with van der Waals surface area (Å²) in [6.07, 6.45) is 9.42. The van der Waals surface area contributed by atoms with E-state index in [1.165, 1.54) is 0 Å². The van der Waals surface area contributed by atoms with Crippen LogP contribution in [0.5, 0.6) is 0 Å². The number of nitrogens with zero attached hydrogens (tertiary/aromatic N) is 4. The first kappa shape index (κ1) is 14.0. The quantitative estimate of drug-likeness (QED) is 0.804. The lowest BCUT2D eigenvalue weighted by atomic mass is 10.1. The highest BCUT2D eigenvalue weighted by Crippen LogP contribution is 2.40. The van der Waals surface area contributed by atoms with Crippen LogP contribution in [0.25, 0.3) is 5.65 Å². The van der Waals surface area contributed by atoms with E-state index in [1.807, 2.05) is 43.2 Å². The number of nitrogens with one attached hydrogen (secondary N) is 1. The summed E-state index contributed by atoms with van der Waals surface area (Å²) >= 11 is 0. The summed E-state index contributed by atoms with van der Waals surface area (Å²) in [6.45, 7) is 2.04. The Kier molecular flexibility index (Phi) is 3.18. The Morgan fingerprint density at radius 3 is 2.96 bits per heavy atom. The lowest BCUT2D eigenvalue weighted by molar-refractivity contribution is 0.0932. The Morgan fingerprint density at radius 1 is 1.39 bits per heavy atom. The van der Waals surface area contributed by atoms with E-state index in [2.05, 4.69) is 21.5 Å². The molecule has 1 fully saturated rings. The first-order valence-electron chi connectivity index (χ1n) is 7.85. The SMILES string of the molecule is Cc1ccnc([C@@H](NC(=O)c2cnn3ccn(C)c23)C2CC2)c1. The van der Waals surface area contributed by atoms with Crippen molar-refractivity contribution >= 4 is 11.6 Å². The van der Waals surface area contributed by atoms with Crippen LogP contribution in [0.15, 0.2) is 36.9 Å². The summed E-state index contributed by atoms with van der Waals surface area (Å²) in [6, 6.07) is 4.00. The van der Waals surface area contributed by atoms with Gasteiger partial charge in [0.15, 0.2) is 0 Å². The van der Waals surface area contributed by atoms with Crippen molar-refractivity contribution in [3.05, 3.63) is 53.7 Å². The van der Waals surface area contributed by atoms with Crippen molar-refractivity contribution in [2.45, 2.75) is 25.8 Å². The molecular weight excluding hydrogens is 290 g/mol. The number of carbonyl (C=O) groups is 1. The molecule has 6 nitrogen and oxygen atoms in total. The van der Waals surface area contributed by atoms with Crippen LogP contribution < -0.4 is 5.32 Å². The number of amides is 1. The maximum Gasteiger partial charge on any atom is 0.257 e. The van der Waals surface area contributed by atoms with Crippen LogP contribution in [-0.2, 0) is 7.05 Å². The van der Waals surface area contributed by atoms with Gasteiger partial charge < -0.3 is 9.88 Å². The van der Waals surface area contributed by atoms with E-state index in [0.29, 0.717) is 11.5 Å². The molecule has 3 aromatic heterocycles. The Hall–Kier alpha value is -2.63. The first-order valence-corrected chi connectivity index (χ1v) is 7.85. The minimum absolute atomic E-state index is 0.0300.